The molecule has 16 heavy (non-hydrogen) atoms. The van der Waals surface area contributed by atoms with Crippen molar-refractivity contribution >= 4 is 5.97 Å². The van der Waals surface area contributed by atoms with Crippen LogP contribution in [0.25, 0.3) is 0 Å². The summed E-state index contributed by atoms with van der Waals surface area (Å²) in [4.78, 5) is 12.1. The number of hydrogen-bond donors (Lipinski definition) is 1. The van der Waals surface area contributed by atoms with Gasteiger partial charge in [0.25, 0.3) is 0 Å². The minimum Gasteiger partial charge on any atom is -0.459 e. The number of carbonyl (C=O) groups is 1. The largest absolute Gasteiger partial charge is 0.459 e. The van der Waals surface area contributed by atoms with Crippen molar-refractivity contribution in [3.63, 3.8) is 0 Å². The lowest BCUT2D eigenvalue weighted by atomic mass is 9.92. The molecule has 3 nitrogen and oxygen atoms in total. The third kappa shape index (κ3) is 2.95. The monoisotopic (exact) mass is 223 g/mol. The lowest BCUT2D eigenvalue weighted by molar-refractivity contribution is -0.162. The van der Waals surface area contributed by atoms with Gasteiger partial charge in [-0.1, -0.05) is 18.2 Å². The first kappa shape index (κ1) is 13.0. The van der Waals surface area contributed by atoms with Gasteiger partial charge in [-0.05, 0) is 33.6 Å². The molecule has 1 atom stereocenters. The highest BCUT2D eigenvalue weighted by atomic mass is 16.6. The van der Waals surface area contributed by atoms with E-state index in [2.05, 4.69) is 18.5 Å². The summed E-state index contributed by atoms with van der Waals surface area (Å²) >= 11 is 0. The Hall–Kier alpha value is -1.09. The Bertz CT molecular complexity index is 314. The van der Waals surface area contributed by atoms with Gasteiger partial charge >= 0.3 is 5.97 Å². The van der Waals surface area contributed by atoms with Crippen LogP contribution in [-0.4, -0.2) is 23.7 Å². The molecular formula is C13H21NO2. The van der Waals surface area contributed by atoms with Gasteiger partial charge in [0.1, 0.15) is 11.1 Å². The van der Waals surface area contributed by atoms with E-state index in [1.807, 2.05) is 20.8 Å². The van der Waals surface area contributed by atoms with Crippen LogP contribution in [-0.2, 0) is 9.53 Å². The van der Waals surface area contributed by atoms with Crippen LogP contribution in [0.4, 0.5) is 0 Å². The molecule has 1 heterocycles. The standard InChI is InChI=1S/C13H21NO2/c1-6-7-13(8-10(2)9-14-13)11(15)16-12(3,4)5/h6,14H,1-2,7-9H2,3-5H3/t13-/m1/s1. The Morgan fingerprint density at radius 2 is 2.25 bits per heavy atom. The van der Waals surface area contributed by atoms with Crippen molar-refractivity contribution in [2.24, 2.45) is 0 Å². The van der Waals surface area contributed by atoms with Crippen molar-refractivity contribution in [2.75, 3.05) is 6.54 Å². The molecular weight excluding hydrogens is 202 g/mol. The molecule has 0 bridgehead atoms. The highest BCUT2D eigenvalue weighted by molar-refractivity contribution is 5.82. The van der Waals surface area contributed by atoms with E-state index in [0.717, 1.165) is 5.57 Å². The normalized spacial score (nSPS) is 25.6. The van der Waals surface area contributed by atoms with Crippen molar-refractivity contribution < 1.29 is 9.53 Å². The van der Waals surface area contributed by atoms with E-state index in [1.165, 1.54) is 0 Å². The van der Waals surface area contributed by atoms with E-state index in [-0.39, 0.29) is 5.97 Å². The van der Waals surface area contributed by atoms with Crippen molar-refractivity contribution in [1.29, 1.82) is 0 Å². The van der Waals surface area contributed by atoms with E-state index < -0.39 is 11.1 Å². The Balaban J connectivity index is 2.82. The molecule has 1 saturated heterocycles. The molecule has 0 aliphatic carbocycles. The molecule has 0 saturated carbocycles. The summed E-state index contributed by atoms with van der Waals surface area (Å²) in [5.74, 6) is -0.210. The minimum atomic E-state index is -0.647. The number of hydrogen-bond acceptors (Lipinski definition) is 3. The van der Waals surface area contributed by atoms with Crippen molar-refractivity contribution in [2.45, 2.75) is 44.8 Å². The minimum absolute atomic E-state index is 0.210. The second-order valence-electron chi connectivity index (χ2n) is 5.36. The van der Waals surface area contributed by atoms with Gasteiger partial charge in [-0.3, -0.25) is 10.1 Å². The average Bonchev–Trinajstić information content (AvgIpc) is 2.46. The van der Waals surface area contributed by atoms with Gasteiger partial charge in [0.15, 0.2) is 0 Å². The van der Waals surface area contributed by atoms with Gasteiger partial charge in [0.2, 0.25) is 0 Å². The highest BCUT2D eigenvalue weighted by Gasteiger charge is 2.44. The zero-order chi connectivity index (χ0) is 12.4. The Labute approximate surface area is 97.6 Å². The highest BCUT2D eigenvalue weighted by Crippen LogP contribution is 2.29. The van der Waals surface area contributed by atoms with Gasteiger partial charge in [-0.25, -0.2) is 0 Å². The first-order chi connectivity index (χ1) is 7.29. The van der Waals surface area contributed by atoms with Gasteiger partial charge in [0.05, 0.1) is 0 Å². The quantitative estimate of drug-likeness (QED) is 0.589. The number of ether oxygens (including phenoxy) is 1. The molecule has 1 aliphatic rings. The third-order valence-corrected chi connectivity index (χ3v) is 2.51. The summed E-state index contributed by atoms with van der Waals surface area (Å²) in [5.41, 5.74) is -0.0732. The molecule has 0 amide bonds. The van der Waals surface area contributed by atoms with Crippen LogP contribution in [0.5, 0.6) is 0 Å². The fourth-order valence-corrected chi connectivity index (χ4v) is 1.84. The third-order valence-electron chi connectivity index (χ3n) is 2.51. The molecule has 1 rings (SSSR count). The van der Waals surface area contributed by atoms with Crippen LogP contribution >= 0.6 is 0 Å². The SMILES string of the molecule is C=CC[C@]1(C(=O)OC(C)(C)C)CC(=C)CN1. The maximum Gasteiger partial charge on any atom is 0.327 e. The lowest BCUT2D eigenvalue weighted by Gasteiger charge is -2.30. The van der Waals surface area contributed by atoms with Crippen LogP contribution in [0.2, 0.25) is 0 Å². The van der Waals surface area contributed by atoms with Gasteiger partial charge in [-0.15, -0.1) is 6.58 Å². The van der Waals surface area contributed by atoms with Gasteiger partial charge in [-0.2, -0.15) is 0 Å². The number of carbonyl (C=O) groups excluding carboxylic acids is 1. The van der Waals surface area contributed by atoms with Crippen molar-refractivity contribution in [3.8, 4) is 0 Å². The van der Waals surface area contributed by atoms with E-state index in [9.17, 15) is 4.79 Å². The zero-order valence-corrected chi connectivity index (χ0v) is 10.4. The van der Waals surface area contributed by atoms with Crippen LogP contribution in [0.15, 0.2) is 24.8 Å². The molecule has 0 radical (unpaired) electrons. The van der Waals surface area contributed by atoms with Crippen molar-refractivity contribution in [3.05, 3.63) is 24.8 Å². The predicted molar refractivity (Wildman–Crippen MR) is 65.1 cm³/mol. The first-order valence-electron chi connectivity index (χ1n) is 5.55. The molecule has 0 spiro atoms. The maximum absolute atomic E-state index is 12.1. The van der Waals surface area contributed by atoms with Crippen LogP contribution in [0, 0.1) is 0 Å². The summed E-state index contributed by atoms with van der Waals surface area (Å²) in [6, 6.07) is 0. The first-order valence-corrected chi connectivity index (χ1v) is 5.55. The Morgan fingerprint density at radius 1 is 1.62 bits per heavy atom. The molecule has 1 N–H and O–H groups in total. The summed E-state index contributed by atoms with van der Waals surface area (Å²) in [6.45, 7) is 13.9. The summed E-state index contributed by atoms with van der Waals surface area (Å²) in [5, 5.41) is 3.20. The van der Waals surface area contributed by atoms with Gasteiger partial charge in [0, 0.05) is 6.54 Å². The van der Waals surface area contributed by atoms with Crippen LogP contribution < -0.4 is 5.32 Å². The molecule has 0 aromatic carbocycles. The fourth-order valence-electron chi connectivity index (χ4n) is 1.84. The number of rotatable bonds is 3. The summed E-state index contributed by atoms with van der Waals surface area (Å²) < 4.78 is 5.44. The predicted octanol–water partition coefficient (Wildman–Crippen LogP) is 2.19. The van der Waals surface area contributed by atoms with E-state index in [1.54, 1.807) is 6.08 Å². The summed E-state index contributed by atoms with van der Waals surface area (Å²) in [6.07, 6.45) is 2.95. The fraction of sp³-hybridized carbons (Fsp3) is 0.615. The second kappa shape index (κ2) is 4.42. The smallest absolute Gasteiger partial charge is 0.327 e. The lowest BCUT2D eigenvalue weighted by Crippen LogP contribution is -2.50. The summed E-state index contributed by atoms with van der Waals surface area (Å²) in [7, 11) is 0. The van der Waals surface area contributed by atoms with Crippen LogP contribution in [0.1, 0.15) is 33.6 Å². The van der Waals surface area contributed by atoms with E-state index >= 15 is 0 Å². The van der Waals surface area contributed by atoms with E-state index in [4.69, 9.17) is 4.74 Å². The Kier molecular flexibility index (Phi) is 3.58. The molecule has 0 aromatic heterocycles. The zero-order valence-electron chi connectivity index (χ0n) is 10.4. The molecule has 3 heteroatoms. The van der Waals surface area contributed by atoms with Gasteiger partial charge < -0.3 is 4.74 Å². The Morgan fingerprint density at radius 3 is 2.62 bits per heavy atom. The molecule has 1 aliphatic heterocycles. The van der Waals surface area contributed by atoms with Crippen LogP contribution in [0.3, 0.4) is 0 Å². The molecule has 0 aromatic rings. The average molecular weight is 223 g/mol. The molecule has 90 valence electrons. The van der Waals surface area contributed by atoms with Crippen molar-refractivity contribution in [1.82, 2.24) is 5.32 Å². The molecule has 0 unspecified atom stereocenters. The molecule has 1 fully saturated rings. The topological polar surface area (TPSA) is 38.3 Å². The van der Waals surface area contributed by atoms with E-state index in [0.29, 0.717) is 19.4 Å². The maximum atomic E-state index is 12.1. The number of nitrogens with one attached hydrogen (secondary N) is 1. The number of esters is 1. The second-order valence-corrected chi connectivity index (χ2v) is 5.36.